The number of hydrogen-bond acceptors (Lipinski definition) is 5. The summed E-state index contributed by atoms with van der Waals surface area (Å²) in [7, 11) is -3.69. The summed E-state index contributed by atoms with van der Waals surface area (Å²) in [6.45, 7) is 10.6. The van der Waals surface area contributed by atoms with E-state index >= 15 is 0 Å². The molecule has 8 nitrogen and oxygen atoms in total. The minimum atomic E-state index is -3.69. The highest BCUT2D eigenvalue weighted by atomic mass is 32.2. The SMILES string of the molecule is CCC(C)(C)NC(=O)Cn1c(=O)oc2cc(S(=O)(=O)N3C[C@H](C)C[C@H](C)C3)ccc21. The third-order valence-electron chi connectivity index (χ3n) is 5.78. The van der Waals surface area contributed by atoms with Crippen molar-refractivity contribution in [1.29, 1.82) is 0 Å². The molecular weight excluding hydrogens is 406 g/mol. The lowest BCUT2D eigenvalue weighted by Gasteiger charge is -2.34. The number of nitrogens with zero attached hydrogens (tertiary/aromatic N) is 2. The zero-order chi connectivity index (χ0) is 22.3. The largest absolute Gasteiger partial charge is 0.420 e. The summed E-state index contributed by atoms with van der Waals surface area (Å²) in [6, 6.07) is 4.38. The number of oxazole rings is 1. The zero-order valence-corrected chi connectivity index (χ0v) is 19.1. The first-order valence-electron chi connectivity index (χ1n) is 10.4. The highest BCUT2D eigenvalue weighted by Gasteiger charge is 2.32. The Labute approximate surface area is 177 Å². The van der Waals surface area contributed by atoms with Crippen molar-refractivity contribution in [1.82, 2.24) is 14.2 Å². The van der Waals surface area contributed by atoms with Crippen molar-refractivity contribution >= 4 is 27.0 Å². The zero-order valence-electron chi connectivity index (χ0n) is 18.3. The van der Waals surface area contributed by atoms with Crippen LogP contribution in [0.15, 0.2) is 32.3 Å². The Bertz CT molecular complexity index is 1090. The molecule has 0 unspecified atom stereocenters. The van der Waals surface area contributed by atoms with Crippen LogP contribution in [-0.4, -0.2) is 41.8 Å². The number of hydrogen-bond donors (Lipinski definition) is 1. The van der Waals surface area contributed by atoms with Crippen LogP contribution in [0, 0.1) is 11.8 Å². The molecule has 2 heterocycles. The van der Waals surface area contributed by atoms with Crippen molar-refractivity contribution in [3.8, 4) is 0 Å². The molecule has 1 aromatic heterocycles. The fourth-order valence-electron chi connectivity index (χ4n) is 3.96. The molecule has 166 valence electrons. The van der Waals surface area contributed by atoms with E-state index in [2.05, 4.69) is 5.32 Å². The average molecular weight is 438 g/mol. The summed E-state index contributed by atoms with van der Waals surface area (Å²) >= 11 is 0. The summed E-state index contributed by atoms with van der Waals surface area (Å²) in [4.78, 5) is 24.8. The second kappa shape index (κ2) is 8.19. The highest BCUT2D eigenvalue weighted by molar-refractivity contribution is 7.89. The van der Waals surface area contributed by atoms with Crippen LogP contribution in [0.4, 0.5) is 0 Å². The number of aromatic nitrogens is 1. The Morgan fingerprint density at radius 2 is 1.87 bits per heavy atom. The van der Waals surface area contributed by atoms with Crippen LogP contribution in [0.5, 0.6) is 0 Å². The van der Waals surface area contributed by atoms with E-state index in [4.69, 9.17) is 4.42 Å². The highest BCUT2D eigenvalue weighted by Crippen LogP contribution is 2.28. The molecule has 0 saturated carbocycles. The molecule has 9 heteroatoms. The van der Waals surface area contributed by atoms with Gasteiger partial charge in [-0.2, -0.15) is 4.31 Å². The number of amides is 1. The van der Waals surface area contributed by atoms with Crippen molar-refractivity contribution in [2.24, 2.45) is 11.8 Å². The fourth-order valence-corrected chi connectivity index (χ4v) is 5.65. The summed E-state index contributed by atoms with van der Waals surface area (Å²) in [5.74, 6) is -0.418. The molecule has 1 N–H and O–H groups in total. The number of benzene rings is 1. The number of sulfonamides is 1. The molecule has 1 fully saturated rings. The van der Waals surface area contributed by atoms with Crippen molar-refractivity contribution in [2.75, 3.05) is 13.1 Å². The second-order valence-electron chi connectivity index (χ2n) is 9.14. The molecule has 2 aromatic rings. The topological polar surface area (TPSA) is 102 Å². The minimum absolute atomic E-state index is 0.0915. The van der Waals surface area contributed by atoms with Crippen LogP contribution in [0.3, 0.4) is 0 Å². The predicted molar refractivity (Wildman–Crippen MR) is 115 cm³/mol. The number of carbonyl (C=O) groups is 1. The minimum Gasteiger partial charge on any atom is -0.408 e. The molecule has 30 heavy (non-hydrogen) atoms. The summed E-state index contributed by atoms with van der Waals surface area (Å²) in [5, 5.41) is 2.88. The molecule has 0 bridgehead atoms. The third kappa shape index (κ3) is 4.62. The maximum absolute atomic E-state index is 13.1. The molecule has 1 aliphatic heterocycles. The van der Waals surface area contributed by atoms with Crippen molar-refractivity contribution in [2.45, 2.75) is 64.4 Å². The molecule has 3 rings (SSSR count). The van der Waals surface area contributed by atoms with Gasteiger partial charge in [0.05, 0.1) is 10.4 Å². The second-order valence-corrected chi connectivity index (χ2v) is 11.1. The van der Waals surface area contributed by atoms with Crippen LogP contribution >= 0.6 is 0 Å². The monoisotopic (exact) mass is 437 g/mol. The van der Waals surface area contributed by atoms with Gasteiger partial charge in [-0.3, -0.25) is 9.36 Å². The lowest BCUT2D eigenvalue weighted by atomic mass is 9.94. The summed E-state index contributed by atoms with van der Waals surface area (Å²) < 4.78 is 34.2. The van der Waals surface area contributed by atoms with E-state index in [9.17, 15) is 18.0 Å². The average Bonchev–Trinajstić information content (AvgIpc) is 2.95. The maximum atomic E-state index is 13.1. The number of carbonyl (C=O) groups excluding carboxylic acids is 1. The standard InChI is InChI=1S/C21H31N3O5S/c1-6-21(4,5)22-19(25)13-24-17-8-7-16(10-18(17)29-20(24)26)30(27,28)23-11-14(2)9-15(3)12-23/h7-8,10,14-15H,6,9,11-13H2,1-5H3,(H,22,25)/t14-,15+. The van der Waals surface area contributed by atoms with E-state index in [1.54, 1.807) is 0 Å². The van der Waals surface area contributed by atoms with Crippen molar-refractivity contribution in [3.05, 3.63) is 28.7 Å². The van der Waals surface area contributed by atoms with E-state index in [-0.39, 0.29) is 40.3 Å². The van der Waals surface area contributed by atoms with Gasteiger partial charge in [-0.15, -0.1) is 0 Å². The number of fused-ring (bicyclic) bond motifs is 1. The molecule has 0 spiro atoms. The quantitative estimate of drug-likeness (QED) is 0.748. The Balaban J connectivity index is 1.89. The number of rotatable bonds is 6. The van der Waals surface area contributed by atoms with Gasteiger partial charge in [0, 0.05) is 24.7 Å². The molecular formula is C21H31N3O5S. The van der Waals surface area contributed by atoms with Crippen LogP contribution in [0.2, 0.25) is 0 Å². The maximum Gasteiger partial charge on any atom is 0.420 e. The van der Waals surface area contributed by atoms with Gasteiger partial charge in [0.1, 0.15) is 6.54 Å². The van der Waals surface area contributed by atoms with E-state index in [0.29, 0.717) is 18.6 Å². The first kappa shape index (κ1) is 22.6. The molecule has 1 saturated heterocycles. The molecule has 0 radical (unpaired) electrons. The first-order chi connectivity index (χ1) is 13.9. The Hall–Kier alpha value is -2.13. The van der Waals surface area contributed by atoms with Gasteiger partial charge in [0.2, 0.25) is 15.9 Å². The van der Waals surface area contributed by atoms with Gasteiger partial charge >= 0.3 is 5.76 Å². The Kier molecular flexibility index (Phi) is 6.15. The molecule has 1 amide bonds. The van der Waals surface area contributed by atoms with Crippen molar-refractivity contribution in [3.63, 3.8) is 0 Å². The van der Waals surface area contributed by atoms with Gasteiger partial charge in [-0.05, 0) is 50.7 Å². The van der Waals surface area contributed by atoms with Crippen LogP contribution < -0.4 is 11.1 Å². The van der Waals surface area contributed by atoms with Crippen molar-refractivity contribution < 1.29 is 17.6 Å². The lowest BCUT2D eigenvalue weighted by Crippen LogP contribution is -2.44. The van der Waals surface area contributed by atoms with Crippen LogP contribution in [0.1, 0.15) is 47.5 Å². The molecule has 2 atom stereocenters. The summed E-state index contributed by atoms with van der Waals surface area (Å²) in [5.41, 5.74) is 0.162. The van der Waals surface area contributed by atoms with E-state index in [0.717, 1.165) is 12.8 Å². The Morgan fingerprint density at radius 1 is 1.23 bits per heavy atom. The van der Waals surface area contributed by atoms with Crippen LogP contribution in [-0.2, 0) is 21.4 Å². The van der Waals surface area contributed by atoms with Gasteiger partial charge in [0.25, 0.3) is 0 Å². The predicted octanol–water partition coefficient (Wildman–Crippen LogP) is 2.57. The van der Waals surface area contributed by atoms with Gasteiger partial charge in [-0.25, -0.2) is 13.2 Å². The van der Waals surface area contributed by atoms with Gasteiger partial charge in [0.15, 0.2) is 5.58 Å². The van der Waals surface area contributed by atoms with E-state index in [1.807, 2.05) is 34.6 Å². The first-order valence-corrected chi connectivity index (χ1v) is 11.8. The lowest BCUT2D eigenvalue weighted by molar-refractivity contribution is -0.123. The molecule has 1 aliphatic rings. The summed E-state index contributed by atoms with van der Waals surface area (Å²) in [6.07, 6.45) is 1.74. The number of piperidine rings is 1. The van der Waals surface area contributed by atoms with E-state index < -0.39 is 15.8 Å². The van der Waals surface area contributed by atoms with Gasteiger partial charge in [-0.1, -0.05) is 20.8 Å². The molecule has 1 aromatic carbocycles. The molecule has 0 aliphatic carbocycles. The number of nitrogens with one attached hydrogen (secondary N) is 1. The van der Waals surface area contributed by atoms with Gasteiger partial charge < -0.3 is 9.73 Å². The smallest absolute Gasteiger partial charge is 0.408 e. The van der Waals surface area contributed by atoms with E-state index in [1.165, 1.54) is 27.1 Å². The third-order valence-corrected chi connectivity index (χ3v) is 7.60. The van der Waals surface area contributed by atoms with Crippen LogP contribution in [0.25, 0.3) is 11.1 Å². The normalized spacial score (nSPS) is 21.1. The fraction of sp³-hybridized carbons (Fsp3) is 0.619. The Morgan fingerprint density at radius 3 is 2.47 bits per heavy atom.